The third-order valence-corrected chi connectivity index (χ3v) is 3.12. The summed E-state index contributed by atoms with van der Waals surface area (Å²) < 4.78 is 32.1. The lowest BCUT2D eigenvalue weighted by Gasteiger charge is -2.21. The van der Waals surface area contributed by atoms with E-state index in [1.54, 1.807) is 11.8 Å². The first kappa shape index (κ1) is 13.9. The van der Waals surface area contributed by atoms with Gasteiger partial charge in [0.25, 0.3) is 0 Å². The zero-order chi connectivity index (χ0) is 13.8. The minimum Gasteiger partial charge on any atom is -0.465 e. The van der Waals surface area contributed by atoms with Crippen LogP contribution in [0.25, 0.3) is 0 Å². The Hall–Kier alpha value is -1.49. The third-order valence-electron chi connectivity index (χ3n) is 3.12. The quantitative estimate of drug-likeness (QED) is 0.743. The number of carbonyl (C=O) groups excluding carboxylic acids is 1. The molecule has 0 heterocycles. The summed E-state index contributed by atoms with van der Waals surface area (Å²) >= 11 is 0. The Kier molecular flexibility index (Phi) is 4.47. The number of rotatable bonds is 6. The van der Waals surface area contributed by atoms with Gasteiger partial charge in [0.15, 0.2) is 0 Å². The van der Waals surface area contributed by atoms with Gasteiger partial charge in [-0.3, -0.25) is 9.69 Å². The second kappa shape index (κ2) is 6.10. The topological polar surface area (TPSA) is 29.5 Å². The average Bonchev–Trinajstić information content (AvgIpc) is 3.17. The Labute approximate surface area is 111 Å². The van der Waals surface area contributed by atoms with Gasteiger partial charge >= 0.3 is 5.97 Å². The first-order valence-corrected chi connectivity index (χ1v) is 6.44. The molecule has 0 aromatic heterocycles. The molecule has 3 nitrogen and oxygen atoms in total. The van der Waals surface area contributed by atoms with Crippen molar-refractivity contribution in [3.8, 4) is 0 Å². The predicted molar refractivity (Wildman–Crippen MR) is 66.4 cm³/mol. The molecule has 0 N–H and O–H groups in total. The first-order valence-electron chi connectivity index (χ1n) is 6.44. The average molecular weight is 269 g/mol. The molecule has 0 bridgehead atoms. The molecule has 1 aromatic carbocycles. The molecule has 2 rings (SSSR count). The van der Waals surface area contributed by atoms with Crippen molar-refractivity contribution in [2.45, 2.75) is 32.4 Å². The van der Waals surface area contributed by atoms with Crippen molar-refractivity contribution < 1.29 is 18.3 Å². The fourth-order valence-corrected chi connectivity index (χ4v) is 2.01. The van der Waals surface area contributed by atoms with Crippen LogP contribution in [0.2, 0.25) is 0 Å². The Balaban J connectivity index is 2.06. The maximum Gasteiger partial charge on any atom is 0.320 e. The maximum atomic E-state index is 13.6. The molecule has 0 radical (unpaired) electrons. The highest BCUT2D eigenvalue weighted by atomic mass is 19.1. The summed E-state index contributed by atoms with van der Waals surface area (Å²) in [7, 11) is 0. The van der Waals surface area contributed by atoms with Gasteiger partial charge in [-0.15, -0.1) is 0 Å². The van der Waals surface area contributed by atoms with E-state index in [9.17, 15) is 13.6 Å². The van der Waals surface area contributed by atoms with Gasteiger partial charge in [-0.1, -0.05) is 6.07 Å². The number of benzene rings is 1. The van der Waals surface area contributed by atoms with Crippen LogP contribution in [-0.4, -0.2) is 30.1 Å². The molecule has 1 aromatic rings. The number of hydrogen-bond donors (Lipinski definition) is 0. The Morgan fingerprint density at radius 2 is 2.00 bits per heavy atom. The molecule has 0 atom stereocenters. The molecular formula is C14H17F2NO2. The summed E-state index contributed by atoms with van der Waals surface area (Å²) in [6.45, 7) is 2.22. The Morgan fingerprint density at radius 1 is 1.37 bits per heavy atom. The van der Waals surface area contributed by atoms with Gasteiger partial charge in [-0.05, 0) is 31.9 Å². The minimum atomic E-state index is -0.575. The summed E-state index contributed by atoms with van der Waals surface area (Å²) in [4.78, 5) is 13.3. The molecule has 0 aliphatic heterocycles. The van der Waals surface area contributed by atoms with Crippen LogP contribution in [0.15, 0.2) is 18.2 Å². The van der Waals surface area contributed by atoms with Crippen molar-refractivity contribution in [3.63, 3.8) is 0 Å². The van der Waals surface area contributed by atoms with Gasteiger partial charge in [0, 0.05) is 18.2 Å². The van der Waals surface area contributed by atoms with Crippen LogP contribution < -0.4 is 0 Å². The van der Waals surface area contributed by atoms with Crippen molar-refractivity contribution in [2.75, 3.05) is 13.2 Å². The van der Waals surface area contributed by atoms with E-state index >= 15 is 0 Å². The number of nitrogens with zero attached hydrogens (tertiary/aromatic N) is 1. The van der Waals surface area contributed by atoms with Gasteiger partial charge in [0.2, 0.25) is 0 Å². The molecule has 1 saturated carbocycles. The van der Waals surface area contributed by atoms with Crippen molar-refractivity contribution >= 4 is 5.97 Å². The van der Waals surface area contributed by atoms with E-state index in [1.807, 2.05) is 0 Å². The number of halogens is 2. The second-order valence-corrected chi connectivity index (χ2v) is 4.64. The van der Waals surface area contributed by atoms with Gasteiger partial charge in [-0.2, -0.15) is 0 Å². The normalized spacial score (nSPS) is 14.7. The van der Waals surface area contributed by atoms with Crippen LogP contribution in [-0.2, 0) is 16.1 Å². The van der Waals surface area contributed by atoms with Crippen molar-refractivity contribution in [3.05, 3.63) is 35.4 Å². The van der Waals surface area contributed by atoms with Gasteiger partial charge < -0.3 is 4.74 Å². The molecule has 5 heteroatoms. The van der Waals surface area contributed by atoms with E-state index in [-0.39, 0.29) is 30.7 Å². The molecule has 0 spiro atoms. The molecule has 0 saturated heterocycles. The van der Waals surface area contributed by atoms with Gasteiger partial charge in [0.05, 0.1) is 13.2 Å². The van der Waals surface area contributed by atoms with E-state index in [4.69, 9.17) is 4.74 Å². The van der Waals surface area contributed by atoms with Crippen LogP contribution in [0, 0.1) is 11.6 Å². The molecule has 1 fully saturated rings. The molecule has 0 unspecified atom stereocenters. The summed E-state index contributed by atoms with van der Waals surface area (Å²) in [6.07, 6.45) is 1.91. The van der Waals surface area contributed by atoms with Crippen LogP contribution in [0.4, 0.5) is 8.78 Å². The predicted octanol–water partition coefficient (Wildman–Crippen LogP) is 2.49. The zero-order valence-electron chi connectivity index (χ0n) is 10.9. The van der Waals surface area contributed by atoms with E-state index in [2.05, 4.69) is 0 Å². The molecule has 1 aliphatic rings. The lowest BCUT2D eigenvalue weighted by Crippen LogP contribution is -2.33. The summed E-state index contributed by atoms with van der Waals surface area (Å²) in [6, 6.07) is 4.02. The van der Waals surface area contributed by atoms with Crippen LogP contribution in [0.1, 0.15) is 25.3 Å². The highest BCUT2D eigenvalue weighted by molar-refractivity contribution is 5.71. The van der Waals surface area contributed by atoms with Crippen molar-refractivity contribution in [1.29, 1.82) is 0 Å². The van der Waals surface area contributed by atoms with Crippen LogP contribution in [0.5, 0.6) is 0 Å². The van der Waals surface area contributed by atoms with Crippen LogP contribution >= 0.6 is 0 Å². The molecule has 0 amide bonds. The van der Waals surface area contributed by atoms with Crippen LogP contribution in [0.3, 0.4) is 0 Å². The van der Waals surface area contributed by atoms with Gasteiger partial charge in [0.1, 0.15) is 11.6 Å². The van der Waals surface area contributed by atoms with Gasteiger partial charge in [-0.25, -0.2) is 8.78 Å². The van der Waals surface area contributed by atoms with E-state index in [0.29, 0.717) is 6.61 Å². The lowest BCUT2D eigenvalue weighted by molar-refractivity contribution is -0.144. The fourth-order valence-electron chi connectivity index (χ4n) is 2.01. The standard InChI is InChI=1S/C14H17F2NO2/c1-2-19-14(18)9-17(10-6-7-10)8-11-12(15)4-3-5-13(11)16/h3-5,10H,2,6-9H2,1H3. The minimum absolute atomic E-state index is 0.0127. The highest BCUT2D eigenvalue weighted by Crippen LogP contribution is 2.29. The monoisotopic (exact) mass is 269 g/mol. The molecule has 19 heavy (non-hydrogen) atoms. The maximum absolute atomic E-state index is 13.6. The largest absolute Gasteiger partial charge is 0.465 e. The Morgan fingerprint density at radius 3 is 2.53 bits per heavy atom. The molecule has 1 aliphatic carbocycles. The number of ether oxygens (including phenoxy) is 1. The molecular weight excluding hydrogens is 252 g/mol. The smallest absolute Gasteiger partial charge is 0.320 e. The number of hydrogen-bond acceptors (Lipinski definition) is 3. The number of carbonyl (C=O) groups is 1. The SMILES string of the molecule is CCOC(=O)CN(Cc1c(F)cccc1F)C1CC1. The van der Waals surface area contributed by atoms with E-state index in [1.165, 1.54) is 18.2 Å². The summed E-state index contributed by atoms with van der Waals surface area (Å²) in [5, 5.41) is 0. The first-order chi connectivity index (χ1) is 9.11. The number of esters is 1. The second-order valence-electron chi connectivity index (χ2n) is 4.64. The fraction of sp³-hybridized carbons (Fsp3) is 0.500. The summed E-state index contributed by atoms with van der Waals surface area (Å²) in [5.41, 5.74) is 0.0127. The van der Waals surface area contributed by atoms with Crippen molar-refractivity contribution in [2.24, 2.45) is 0 Å². The van der Waals surface area contributed by atoms with E-state index < -0.39 is 11.6 Å². The highest BCUT2D eigenvalue weighted by Gasteiger charge is 2.31. The lowest BCUT2D eigenvalue weighted by atomic mass is 10.2. The molecule has 104 valence electrons. The third kappa shape index (κ3) is 3.73. The zero-order valence-corrected chi connectivity index (χ0v) is 10.9. The summed E-state index contributed by atoms with van der Waals surface area (Å²) in [5.74, 6) is -1.50. The van der Waals surface area contributed by atoms with Crippen molar-refractivity contribution in [1.82, 2.24) is 4.90 Å². The Bertz CT molecular complexity index is 441. The van der Waals surface area contributed by atoms with E-state index in [0.717, 1.165) is 12.8 Å².